The number of benzene rings is 3. The molecule has 3 rings (SSSR count). The maximum atomic E-state index is 14.1. The second-order valence-electron chi connectivity index (χ2n) is 7.18. The molecule has 0 saturated heterocycles. The molecule has 3 aromatic rings. The molecule has 1 N–H and O–H groups in total. The van der Waals surface area contributed by atoms with Crippen molar-refractivity contribution in [3.05, 3.63) is 95.1 Å². The standard InChI is InChI=1S/C25H23F2NO5/c1-32-22-12-5-3-8-18(22)15-28(14-13-17-7-2-4-10-20(17)26)23(29)16-33-24-19(25(30)31)9-6-11-21(24)27/h2-12H,13-16H2,1H3,(H,30,31). The summed E-state index contributed by atoms with van der Waals surface area (Å²) in [5.74, 6) is -3.09. The maximum Gasteiger partial charge on any atom is 0.339 e. The van der Waals surface area contributed by atoms with Gasteiger partial charge in [-0.1, -0.05) is 42.5 Å². The number of carbonyl (C=O) groups is 2. The van der Waals surface area contributed by atoms with E-state index in [4.69, 9.17) is 9.47 Å². The quantitative estimate of drug-likeness (QED) is 0.493. The van der Waals surface area contributed by atoms with Crippen molar-refractivity contribution in [1.82, 2.24) is 4.90 Å². The fraction of sp³-hybridized carbons (Fsp3) is 0.200. The summed E-state index contributed by atoms with van der Waals surface area (Å²) in [6.45, 7) is -0.290. The Balaban J connectivity index is 1.80. The molecule has 6 nitrogen and oxygen atoms in total. The van der Waals surface area contributed by atoms with Gasteiger partial charge in [0.2, 0.25) is 0 Å². The number of hydrogen-bond donors (Lipinski definition) is 1. The lowest BCUT2D eigenvalue weighted by Gasteiger charge is -2.24. The number of ether oxygens (including phenoxy) is 2. The van der Waals surface area contributed by atoms with E-state index in [0.717, 1.165) is 11.6 Å². The lowest BCUT2D eigenvalue weighted by Crippen LogP contribution is -2.36. The molecular formula is C25H23F2NO5. The van der Waals surface area contributed by atoms with Gasteiger partial charge < -0.3 is 19.5 Å². The average molecular weight is 455 g/mol. The van der Waals surface area contributed by atoms with Gasteiger partial charge >= 0.3 is 5.97 Å². The molecule has 0 heterocycles. The van der Waals surface area contributed by atoms with Crippen molar-refractivity contribution >= 4 is 11.9 Å². The monoisotopic (exact) mass is 455 g/mol. The van der Waals surface area contributed by atoms with Crippen molar-refractivity contribution < 1.29 is 33.0 Å². The van der Waals surface area contributed by atoms with Crippen molar-refractivity contribution in [2.45, 2.75) is 13.0 Å². The molecule has 0 radical (unpaired) electrons. The van der Waals surface area contributed by atoms with E-state index in [1.165, 1.54) is 30.2 Å². The van der Waals surface area contributed by atoms with E-state index >= 15 is 0 Å². The number of methoxy groups -OCH3 is 1. The summed E-state index contributed by atoms with van der Waals surface area (Å²) in [5, 5.41) is 9.26. The Morgan fingerprint density at radius 3 is 2.27 bits per heavy atom. The Morgan fingerprint density at radius 1 is 0.909 bits per heavy atom. The smallest absolute Gasteiger partial charge is 0.339 e. The Hall–Kier alpha value is -3.94. The van der Waals surface area contributed by atoms with Crippen LogP contribution in [0.4, 0.5) is 8.78 Å². The molecule has 0 unspecified atom stereocenters. The van der Waals surface area contributed by atoms with Crippen LogP contribution in [0.1, 0.15) is 21.5 Å². The van der Waals surface area contributed by atoms with Crippen LogP contribution in [0, 0.1) is 11.6 Å². The lowest BCUT2D eigenvalue weighted by atomic mass is 10.1. The highest BCUT2D eigenvalue weighted by molar-refractivity contribution is 5.91. The minimum atomic E-state index is -1.37. The van der Waals surface area contributed by atoms with Crippen molar-refractivity contribution in [2.75, 3.05) is 20.3 Å². The molecular weight excluding hydrogens is 432 g/mol. The summed E-state index contributed by atoms with van der Waals surface area (Å²) >= 11 is 0. The Labute approximate surface area is 190 Å². The molecule has 0 aliphatic heterocycles. The number of rotatable bonds is 10. The molecule has 8 heteroatoms. The van der Waals surface area contributed by atoms with E-state index in [0.29, 0.717) is 11.3 Å². The molecule has 0 aliphatic rings. The summed E-state index contributed by atoms with van der Waals surface area (Å²) in [7, 11) is 1.51. The van der Waals surface area contributed by atoms with Crippen molar-refractivity contribution in [3.8, 4) is 11.5 Å². The van der Waals surface area contributed by atoms with E-state index in [2.05, 4.69) is 0 Å². The van der Waals surface area contributed by atoms with E-state index in [9.17, 15) is 23.5 Å². The fourth-order valence-electron chi connectivity index (χ4n) is 3.34. The predicted octanol–water partition coefficient (Wildman–Crippen LogP) is 4.32. The van der Waals surface area contributed by atoms with Crippen LogP contribution >= 0.6 is 0 Å². The summed E-state index contributed by atoms with van der Waals surface area (Å²) in [6, 6.07) is 16.9. The number of carboxylic acids is 1. The number of amides is 1. The second-order valence-corrected chi connectivity index (χ2v) is 7.18. The normalized spacial score (nSPS) is 10.5. The number of halogens is 2. The molecule has 0 fully saturated rings. The average Bonchev–Trinajstić information content (AvgIpc) is 2.81. The van der Waals surface area contributed by atoms with Gasteiger partial charge in [-0.25, -0.2) is 13.6 Å². The van der Waals surface area contributed by atoms with Crippen molar-refractivity contribution in [3.63, 3.8) is 0 Å². The highest BCUT2D eigenvalue weighted by Crippen LogP contribution is 2.24. The Morgan fingerprint density at radius 2 is 1.58 bits per heavy atom. The minimum Gasteiger partial charge on any atom is -0.496 e. The first-order chi connectivity index (χ1) is 15.9. The molecule has 3 aromatic carbocycles. The number of carboxylic acid groups (broad SMARTS) is 1. The molecule has 1 amide bonds. The zero-order valence-corrected chi connectivity index (χ0v) is 18.0. The largest absolute Gasteiger partial charge is 0.496 e. The predicted molar refractivity (Wildman–Crippen MR) is 117 cm³/mol. The molecule has 0 aliphatic carbocycles. The van der Waals surface area contributed by atoms with Crippen molar-refractivity contribution in [2.24, 2.45) is 0 Å². The van der Waals surface area contributed by atoms with Crippen LogP contribution < -0.4 is 9.47 Å². The van der Waals surface area contributed by atoms with Crippen LogP contribution in [-0.2, 0) is 17.8 Å². The highest BCUT2D eigenvalue weighted by atomic mass is 19.1. The number of carbonyl (C=O) groups excluding carboxylic acids is 1. The third-order valence-electron chi connectivity index (χ3n) is 5.05. The number of aromatic carboxylic acids is 1. The molecule has 0 bridgehead atoms. The van der Waals surface area contributed by atoms with Crippen LogP contribution in [-0.4, -0.2) is 42.1 Å². The third-order valence-corrected chi connectivity index (χ3v) is 5.05. The van der Waals surface area contributed by atoms with E-state index in [1.807, 2.05) is 0 Å². The highest BCUT2D eigenvalue weighted by Gasteiger charge is 2.21. The van der Waals surface area contributed by atoms with Gasteiger partial charge in [-0.15, -0.1) is 0 Å². The van der Waals surface area contributed by atoms with Gasteiger partial charge in [-0.2, -0.15) is 0 Å². The summed E-state index contributed by atoms with van der Waals surface area (Å²) < 4.78 is 38.9. The van der Waals surface area contributed by atoms with Gasteiger partial charge in [-0.05, 0) is 36.2 Å². The van der Waals surface area contributed by atoms with Gasteiger partial charge in [0.15, 0.2) is 18.2 Å². The number of para-hydroxylation sites is 2. The van der Waals surface area contributed by atoms with Crippen LogP contribution in [0.3, 0.4) is 0 Å². The van der Waals surface area contributed by atoms with E-state index < -0.39 is 30.1 Å². The van der Waals surface area contributed by atoms with Crippen LogP contribution in [0.15, 0.2) is 66.7 Å². The van der Waals surface area contributed by atoms with Crippen LogP contribution in [0.25, 0.3) is 0 Å². The SMILES string of the molecule is COc1ccccc1CN(CCc1ccccc1F)C(=O)COc1c(F)cccc1C(=O)O. The van der Waals surface area contributed by atoms with E-state index in [1.54, 1.807) is 42.5 Å². The van der Waals surface area contributed by atoms with Crippen LogP contribution in [0.2, 0.25) is 0 Å². The van der Waals surface area contributed by atoms with Gasteiger partial charge in [0.05, 0.1) is 7.11 Å². The Bertz CT molecular complexity index is 1140. The maximum absolute atomic E-state index is 14.1. The van der Waals surface area contributed by atoms with Gasteiger partial charge in [0, 0.05) is 18.7 Å². The third kappa shape index (κ3) is 6.06. The molecule has 0 atom stereocenters. The molecule has 33 heavy (non-hydrogen) atoms. The van der Waals surface area contributed by atoms with E-state index in [-0.39, 0.29) is 30.9 Å². The topological polar surface area (TPSA) is 76.1 Å². The fourth-order valence-corrected chi connectivity index (χ4v) is 3.34. The molecule has 172 valence electrons. The Kier molecular flexibility index (Phi) is 7.96. The first kappa shape index (κ1) is 23.7. The summed E-state index contributed by atoms with van der Waals surface area (Å²) in [6.07, 6.45) is 0.244. The molecule has 0 saturated carbocycles. The zero-order valence-electron chi connectivity index (χ0n) is 18.0. The number of hydrogen-bond acceptors (Lipinski definition) is 4. The number of nitrogens with zero attached hydrogens (tertiary/aromatic N) is 1. The molecule has 0 spiro atoms. The lowest BCUT2D eigenvalue weighted by molar-refractivity contribution is -0.134. The first-order valence-electron chi connectivity index (χ1n) is 10.2. The van der Waals surface area contributed by atoms with Crippen molar-refractivity contribution in [1.29, 1.82) is 0 Å². The zero-order chi connectivity index (χ0) is 23.8. The second kappa shape index (κ2) is 11.1. The summed E-state index contributed by atoms with van der Waals surface area (Å²) in [4.78, 5) is 25.8. The molecule has 0 aromatic heterocycles. The van der Waals surface area contributed by atoms with Crippen LogP contribution in [0.5, 0.6) is 11.5 Å². The summed E-state index contributed by atoms with van der Waals surface area (Å²) in [5.41, 5.74) is 0.781. The minimum absolute atomic E-state index is 0.143. The van der Waals surface area contributed by atoms with Gasteiger partial charge in [0.25, 0.3) is 5.91 Å². The first-order valence-corrected chi connectivity index (χ1v) is 10.2. The van der Waals surface area contributed by atoms with Gasteiger partial charge in [-0.3, -0.25) is 4.79 Å². The van der Waals surface area contributed by atoms with Gasteiger partial charge in [0.1, 0.15) is 17.1 Å².